The summed E-state index contributed by atoms with van der Waals surface area (Å²) in [6.07, 6.45) is 1.25. The first-order valence-electron chi connectivity index (χ1n) is 3.77. The van der Waals surface area contributed by atoms with E-state index >= 15 is 0 Å². The van der Waals surface area contributed by atoms with Gasteiger partial charge >= 0.3 is 5.97 Å². The first kappa shape index (κ1) is 10.5. The topological polar surface area (TPSA) is 91.3 Å². The van der Waals surface area contributed by atoms with Crippen molar-refractivity contribution in [1.82, 2.24) is 10.3 Å². The molecule has 0 fully saturated rings. The molecule has 1 heterocycles. The van der Waals surface area contributed by atoms with E-state index in [0.717, 1.165) is 11.3 Å². The molecule has 0 aliphatic rings. The molecule has 0 aliphatic carbocycles. The second kappa shape index (κ2) is 4.56. The highest BCUT2D eigenvalue weighted by Crippen LogP contribution is 2.17. The molecule has 1 aromatic rings. The fourth-order valence-electron chi connectivity index (χ4n) is 0.699. The summed E-state index contributed by atoms with van der Waals surface area (Å²) in [5.74, 6) is -1.20. The molecule has 76 valence electrons. The predicted molar refractivity (Wildman–Crippen MR) is 51.6 cm³/mol. The van der Waals surface area contributed by atoms with Crippen LogP contribution in [0.3, 0.4) is 0 Å². The largest absolute Gasteiger partial charge is 0.477 e. The first-order chi connectivity index (χ1) is 6.63. The Labute approximate surface area is 84.0 Å². The van der Waals surface area contributed by atoms with Crippen molar-refractivity contribution in [3.05, 3.63) is 11.1 Å². The number of nitrogens with zero attached hydrogens (tertiary/aromatic N) is 1. The Hall–Kier alpha value is -1.63. The average molecular weight is 215 g/mol. The molecule has 0 unspecified atom stereocenters. The van der Waals surface area contributed by atoms with Crippen LogP contribution in [0.1, 0.15) is 9.67 Å². The summed E-state index contributed by atoms with van der Waals surface area (Å²) < 4.78 is 0. The maximum Gasteiger partial charge on any atom is 0.347 e. The molecule has 0 atom stereocenters. The van der Waals surface area contributed by atoms with Crippen LogP contribution < -0.4 is 10.6 Å². The minimum atomic E-state index is -1.02. The number of anilines is 1. The molecule has 3 N–H and O–H groups in total. The molecule has 6 nitrogen and oxygen atoms in total. The molecule has 1 rings (SSSR count). The second-order valence-electron chi connectivity index (χ2n) is 2.36. The number of carbonyl (C=O) groups is 2. The van der Waals surface area contributed by atoms with Gasteiger partial charge < -0.3 is 15.7 Å². The van der Waals surface area contributed by atoms with Crippen LogP contribution in [0.2, 0.25) is 0 Å². The highest BCUT2D eigenvalue weighted by molar-refractivity contribution is 7.17. The highest BCUT2D eigenvalue weighted by Gasteiger charge is 2.08. The molecule has 0 bridgehead atoms. The maximum atomic E-state index is 10.8. The Balaban J connectivity index is 2.52. The lowest BCUT2D eigenvalue weighted by Gasteiger charge is -1.99. The van der Waals surface area contributed by atoms with Crippen LogP contribution in [-0.4, -0.2) is 35.6 Å². The molecule has 0 radical (unpaired) electrons. The van der Waals surface area contributed by atoms with Crippen LogP contribution in [0, 0.1) is 0 Å². The Bertz CT molecular complexity index is 350. The number of carboxylic acid groups (broad SMARTS) is 1. The molecular weight excluding hydrogens is 206 g/mol. The van der Waals surface area contributed by atoms with Gasteiger partial charge in [-0.15, -0.1) is 0 Å². The van der Waals surface area contributed by atoms with Crippen molar-refractivity contribution < 1.29 is 14.7 Å². The van der Waals surface area contributed by atoms with Crippen LogP contribution in [0.5, 0.6) is 0 Å². The summed E-state index contributed by atoms with van der Waals surface area (Å²) >= 11 is 0.992. The number of nitrogens with one attached hydrogen (secondary N) is 2. The quantitative estimate of drug-likeness (QED) is 0.657. The second-order valence-corrected chi connectivity index (χ2v) is 3.39. The number of rotatable bonds is 4. The maximum absolute atomic E-state index is 10.8. The summed E-state index contributed by atoms with van der Waals surface area (Å²) in [5, 5.41) is 14.1. The van der Waals surface area contributed by atoms with E-state index in [2.05, 4.69) is 15.6 Å². The molecule has 0 saturated heterocycles. The van der Waals surface area contributed by atoms with Crippen molar-refractivity contribution in [2.75, 3.05) is 18.9 Å². The van der Waals surface area contributed by atoms with Crippen molar-refractivity contribution in [2.45, 2.75) is 0 Å². The fraction of sp³-hybridized carbons (Fsp3) is 0.286. The molecule has 1 aromatic heterocycles. The lowest BCUT2D eigenvalue weighted by Crippen LogP contribution is -2.26. The van der Waals surface area contributed by atoms with E-state index in [9.17, 15) is 9.59 Å². The van der Waals surface area contributed by atoms with Crippen LogP contribution in [-0.2, 0) is 4.79 Å². The number of aromatic nitrogens is 1. The van der Waals surface area contributed by atoms with Gasteiger partial charge in [-0.2, -0.15) is 0 Å². The van der Waals surface area contributed by atoms with Gasteiger partial charge in [-0.3, -0.25) is 4.79 Å². The van der Waals surface area contributed by atoms with E-state index in [1.54, 1.807) is 0 Å². The molecule has 7 heteroatoms. The van der Waals surface area contributed by atoms with E-state index in [1.165, 1.54) is 13.2 Å². The lowest BCUT2D eigenvalue weighted by atomic mass is 10.6. The smallest absolute Gasteiger partial charge is 0.347 e. The van der Waals surface area contributed by atoms with Gasteiger partial charge in [0, 0.05) is 7.05 Å². The average Bonchev–Trinajstić information content (AvgIpc) is 2.62. The van der Waals surface area contributed by atoms with Crippen molar-refractivity contribution in [3.63, 3.8) is 0 Å². The normalized spacial score (nSPS) is 9.50. The molecular formula is C7H9N3O3S. The van der Waals surface area contributed by atoms with E-state index < -0.39 is 5.97 Å². The third-order valence-electron chi connectivity index (χ3n) is 1.40. The minimum Gasteiger partial charge on any atom is -0.477 e. The van der Waals surface area contributed by atoms with Gasteiger partial charge in [0.1, 0.15) is 4.88 Å². The number of carboxylic acids is 1. The number of hydrogen-bond donors (Lipinski definition) is 3. The molecule has 0 aromatic carbocycles. The molecule has 14 heavy (non-hydrogen) atoms. The van der Waals surface area contributed by atoms with Crippen molar-refractivity contribution in [2.24, 2.45) is 0 Å². The minimum absolute atomic E-state index is 0.0864. The Morgan fingerprint density at radius 1 is 1.64 bits per heavy atom. The van der Waals surface area contributed by atoms with Gasteiger partial charge in [0.25, 0.3) is 0 Å². The monoisotopic (exact) mass is 215 g/mol. The van der Waals surface area contributed by atoms with E-state index in [-0.39, 0.29) is 17.3 Å². The van der Waals surface area contributed by atoms with Gasteiger partial charge in [-0.25, -0.2) is 9.78 Å². The molecule has 0 saturated carbocycles. The van der Waals surface area contributed by atoms with Crippen molar-refractivity contribution >= 4 is 28.3 Å². The first-order valence-corrected chi connectivity index (χ1v) is 4.58. The van der Waals surface area contributed by atoms with Gasteiger partial charge in [-0.05, 0) is 0 Å². The number of amides is 1. The molecule has 0 spiro atoms. The third kappa shape index (κ3) is 2.70. The third-order valence-corrected chi connectivity index (χ3v) is 2.34. The van der Waals surface area contributed by atoms with E-state index in [0.29, 0.717) is 5.13 Å². The van der Waals surface area contributed by atoms with Crippen molar-refractivity contribution in [3.8, 4) is 0 Å². The summed E-state index contributed by atoms with van der Waals surface area (Å²) in [5.41, 5.74) is 0. The van der Waals surface area contributed by atoms with Crippen molar-refractivity contribution in [1.29, 1.82) is 0 Å². The summed E-state index contributed by atoms with van der Waals surface area (Å²) in [4.78, 5) is 25.2. The standard InChI is InChI=1S/C7H9N3O3S/c1-8-5(11)3-10-7-9-2-4(14-7)6(12)13/h2H,3H2,1H3,(H,8,11)(H,9,10)(H,12,13). The Morgan fingerprint density at radius 3 is 2.86 bits per heavy atom. The Morgan fingerprint density at radius 2 is 2.36 bits per heavy atom. The molecule has 1 amide bonds. The number of likely N-dealkylation sites (N-methyl/N-ethyl adjacent to an activating group) is 1. The molecule has 0 aliphatic heterocycles. The zero-order chi connectivity index (χ0) is 10.6. The summed E-state index contributed by atoms with van der Waals surface area (Å²) in [6.45, 7) is 0.0864. The highest BCUT2D eigenvalue weighted by atomic mass is 32.1. The summed E-state index contributed by atoms with van der Waals surface area (Å²) in [6, 6.07) is 0. The SMILES string of the molecule is CNC(=O)CNc1ncc(C(=O)O)s1. The number of thiazole rings is 1. The predicted octanol–water partition coefficient (Wildman–Crippen LogP) is -0.000800. The van der Waals surface area contributed by atoms with Gasteiger partial charge in [0.15, 0.2) is 5.13 Å². The van der Waals surface area contributed by atoms with Gasteiger partial charge in [0.2, 0.25) is 5.91 Å². The van der Waals surface area contributed by atoms with Gasteiger partial charge in [0.05, 0.1) is 12.7 Å². The van der Waals surface area contributed by atoms with Crippen LogP contribution >= 0.6 is 11.3 Å². The van der Waals surface area contributed by atoms with Crippen LogP contribution in [0.4, 0.5) is 5.13 Å². The van der Waals surface area contributed by atoms with E-state index in [4.69, 9.17) is 5.11 Å². The zero-order valence-corrected chi connectivity index (χ0v) is 8.22. The Kier molecular flexibility index (Phi) is 3.41. The zero-order valence-electron chi connectivity index (χ0n) is 7.40. The number of aromatic carboxylic acids is 1. The summed E-state index contributed by atoms with van der Waals surface area (Å²) in [7, 11) is 1.52. The van der Waals surface area contributed by atoms with E-state index in [1.807, 2.05) is 0 Å². The number of carbonyl (C=O) groups excluding carboxylic acids is 1. The fourth-order valence-corrected chi connectivity index (χ4v) is 1.35. The van der Waals surface area contributed by atoms with Gasteiger partial charge in [-0.1, -0.05) is 11.3 Å². The van der Waals surface area contributed by atoms with Crippen LogP contribution in [0.25, 0.3) is 0 Å². The van der Waals surface area contributed by atoms with Crippen LogP contribution in [0.15, 0.2) is 6.20 Å². The number of hydrogen-bond acceptors (Lipinski definition) is 5. The lowest BCUT2D eigenvalue weighted by molar-refractivity contribution is -0.118.